The molecular formula is C23H29N3O3. The van der Waals surface area contributed by atoms with E-state index >= 15 is 0 Å². The van der Waals surface area contributed by atoms with Gasteiger partial charge in [-0.15, -0.1) is 0 Å². The molecule has 154 valence electrons. The quantitative estimate of drug-likeness (QED) is 0.769. The average Bonchev–Trinajstić information content (AvgIpc) is 2.94. The number of nitrogens with one attached hydrogen (secondary N) is 2. The predicted molar refractivity (Wildman–Crippen MR) is 115 cm³/mol. The zero-order chi connectivity index (χ0) is 20.6. The largest absolute Gasteiger partial charge is 0.497 e. The molecular weight excluding hydrogens is 366 g/mol. The lowest BCUT2D eigenvalue weighted by Crippen LogP contribution is -2.36. The molecule has 1 aliphatic heterocycles. The van der Waals surface area contributed by atoms with E-state index in [0.717, 1.165) is 30.8 Å². The summed E-state index contributed by atoms with van der Waals surface area (Å²) < 4.78 is 5.27. The lowest BCUT2D eigenvalue weighted by molar-refractivity contribution is -0.118. The van der Waals surface area contributed by atoms with E-state index in [-0.39, 0.29) is 17.9 Å². The number of nitrogens with zero attached hydrogens (tertiary/aromatic N) is 1. The third-order valence-corrected chi connectivity index (χ3v) is 5.20. The Morgan fingerprint density at radius 2 is 1.62 bits per heavy atom. The number of benzene rings is 2. The summed E-state index contributed by atoms with van der Waals surface area (Å²) in [4.78, 5) is 26.1. The summed E-state index contributed by atoms with van der Waals surface area (Å²) in [6.45, 7) is 2.73. The predicted octanol–water partition coefficient (Wildman–Crippen LogP) is 4.21. The summed E-state index contributed by atoms with van der Waals surface area (Å²) in [6, 6.07) is 15.5. The summed E-state index contributed by atoms with van der Waals surface area (Å²) in [6.07, 6.45) is 4.51. The minimum absolute atomic E-state index is 0.0299. The Bertz CT molecular complexity index is 818. The molecule has 1 atom stereocenters. The topological polar surface area (TPSA) is 70.7 Å². The number of anilines is 2. The van der Waals surface area contributed by atoms with Gasteiger partial charge >= 0.3 is 0 Å². The molecule has 2 N–H and O–H groups in total. The highest BCUT2D eigenvalue weighted by molar-refractivity contribution is 5.93. The van der Waals surface area contributed by atoms with E-state index in [1.54, 1.807) is 31.4 Å². The number of likely N-dealkylation sites (tertiary alicyclic amines) is 1. The second-order valence-corrected chi connectivity index (χ2v) is 7.42. The SMILES string of the molecule is COc1ccc([C@H]2CCCCCN2CC(=O)Nc2ccc(NC(C)=O)cc2)cc1. The number of carbonyl (C=O) groups is 2. The van der Waals surface area contributed by atoms with Gasteiger partial charge in [0.05, 0.1) is 13.7 Å². The molecule has 0 unspecified atom stereocenters. The molecule has 1 heterocycles. The molecule has 2 aromatic rings. The summed E-state index contributed by atoms with van der Waals surface area (Å²) in [5, 5.41) is 5.69. The zero-order valence-corrected chi connectivity index (χ0v) is 17.1. The van der Waals surface area contributed by atoms with Crippen molar-refractivity contribution in [2.24, 2.45) is 0 Å². The molecule has 0 spiro atoms. The Morgan fingerprint density at radius 1 is 0.966 bits per heavy atom. The van der Waals surface area contributed by atoms with Crippen molar-refractivity contribution in [3.05, 3.63) is 54.1 Å². The van der Waals surface area contributed by atoms with E-state index in [0.29, 0.717) is 12.2 Å². The number of carbonyl (C=O) groups excluding carboxylic acids is 2. The van der Waals surface area contributed by atoms with Gasteiger partial charge in [-0.2, -0.15) is 0 Å². The van der Waals surface area contributed by atoms with Gasteiger partial charge in [0.2, 0.25) is 11.8 Å². The first-order valence-corrected chi connectivity index (χ1v) is 10.1. The van der Waals surface area contributed by atoms with Crippen LogP contribution in [0, 0.1) is 0 Å². The normalized spacial score (nSPS) is 17.2. The van der Waals surface area contributed by atoms with Crippen LogP contribution in [0.2, 0.25) is 0 Å². The highest BCUT2D eigenvalue weighted by Crippen LogP contribution is 2.31. The molecule has 6 heteroatoms. The van der Waals surface area contributed by atoms with Gasteiger partial charge in [-0.3, -0.25) is 14.5 Å². The Hall–Kier alpha value is -2.86. The number of hydrogen-bond donors (Lipinski definition) is 2. The number of amides is 2. The molecule has 0 saturated carbocycles. The van der Waals surface area contributed by atoms with Crippen molar-refractivity contribution >= 4 is 23.2 Å². The number of methoxy groups -OCH3 is 1. The standard InChI is InChI=1S/C23H29N3O3/c1-17(27)24-19-9-11-20(12-10-19)25-23(28)16-26-15-5-3-4-6-22(26)18-7-13-21(29-2)14-8-18/h7-14,22H,3-6,15-16H2,1-2H3,(H,24,27)(H,25,28)/t22-/m1/s1. The van der Waals surface area contributed by atoms with E-state index in [1.165, 1.54) is 25.3 Å². The minimum Gasteiger partial charge on any atom is -0.497 e. The fourth-order valence-electron chi connectivity index (χ4n) is 3.79. The molecule has 6 nitrogen and oxygen atoms in total. The van der Waals surface area contributed by atoms with Gasteiger partial charge < -0.3 is 15.4 Å². The molecule has 0 aromatic heterocycles. The maximum atomic E-state index is 12.7. The van der Waals surface area contributed by atoms with Crippen LogP contribution in [0.25, 0.3) is 0 Å². The van der Waals surface area contributed by atoms with Crippen LogP contribution < -0.4 is 15.4 Å². The smallest absolute Gasteiger partial charge is 0.238 e. The molecule has 1 saturated heterocycles. The molecule has 1 fully saturated rings. The van der Waals surface area contributed by atoms with Crippen molar-refractivity contribution < 1.29 is 14.3 Å². The van der Waals surface area contributed by atoms with E-state index in [1.807, 2.05) is 12.1 Å². The third-order valence-electron chi connectivity index (χ3n) is 5.20. The van der Waals surface area contributed by atoms with E-state index in [2.05, 4.69) is 27.7 Å². The minimum atomic E-state index is -0.118. The average molecular weight is 396 g/mol. The van der Waals surface area contributed by atoms with Crippen molar-refractivity contribution in [1.29, 1.82) is 0 Å². The molecule has 2 amide bonds. The number of rotatable bonds is 6. The second kappa shape index (κ2) is 10.1. The molecule has 29 heavy (non-hydrogen) atoms. The fraction of sp³-hybridized carbons (Fsp3) is 0.391. The molecule has 3 rings (SSSR count). The summed E-state index contributed by atoms with van der Waals surface area (Å²) in [5.41, 5.74) is 2.66. The Labute approximate surface area is 172 Å². The molecule has 0 radical (unpaired) electrons. The van der Waals surface area contributed by atoms with Crippen LogP contribution in [0.3, 0.4) is 0 Å². The van der Waals surface area contributed by atoms with Crippen LogP contribution in [-0.4, -0.2) is 36.9 Å². The maximum absolute atomic E-state index is 12.7. The fourth-order valence-corrected chi connectivity index (χ4v) is 3.79. The highest BCUT2D eigenvalue weighted by atomic mass is 16.5. The lowest BCUT2D eigenvalue weighted by atomic mass is 10.0. The van der Waals surface area contributed by atoms with Crippen LogP contribution in [0.15, 0.2) is 48.5 Å². The van der Waals surface area contributed by atoms with E-state index in [4.69, 9.17) is 4.74 Å². The van der Waals surface area contributed by atoms with Crippen LogP contribution >= 0.6 is 0 Å². The van der Waals surface area contributed by atoms with Crippen molar-refractivity contribution in [3.8, 4) is 5.75 Å². The van der Waals surface area contributed by atoms with Crippen molar-refractivity contribution in [2.45, 2.75) is 38.6 Å². The van der Waals surface area contributed by atoms with E-state index in [9.17, 15) is 9.59 Å². The Balaban J connectivity index is 1.64. The Kier molecular flexibility index (Phi) is 7.25. The van der Waals surface area contributed by atoms with E-state index < -0.39 is 0 Å². The zero-order valence-electron chi connectivity index (χ0n) is 17.1. The Morgan fingerprint density at radius 3 is 2.24 bits per heavy atom. The first kappa shape index (κ1) is 20.9. The van der Waals surface area contributed by atoms with Gasteiger partial charge in [-0.05, 0) is 61.3 Å². The van der Waals surface area contributed by atoms with Gasteiger partial charge in [0.1, 0.15) is 5.75 Å². The molecule has 1 aliphatic rings. The van der Waals surface area contributed by atoms with Gasteiger partial charge in [-0.25, -0.2) is 0 Å². The van der Waals surface area contributed by atoms with Crippen molar-refractivity contribution in [1.82, 2.24) is 4.90 Å². The van der Waals surface area contributed by atoms with Gasteiger partial charge in [0.25, 0.3) is 0 Å². The monoisotopic (exact) mass is 395 g/mol. The van der Waals surface area contributed by atoms with Gasteiger partial charge in [0.15, 0.2) is 0 Å². The molecule has 0 bridgehead atoms. The second-order valence-electron chi connectivity index (χ2n) is 7.42. The van der Waals surface area contributed by atoms with Crippen LogP contribution in [0.1, 0.15) is 44.2 Å². The maximum Gasteiger partial charge on any atom is 0.238 e. The lowest BCUT2D eigenvalue weighted by Gasteiger charge is -2.29. The highest BCUT2D eigenvalue weighted by Gasteiger charge is 2.24. The van der Waals surface area contributed by atoms with Gasteiger partial charge in [0, 0.05) is 24.3 Å². The summed E-state index contributed by atoms with van der Waals surface area (Å²) in [7, 11) is 1.67. The third kappa shape index (κ3) is 6.06. The first-order valence-electron chi connectivity index (χ1n) is 10.1. The summed E-state index contributed by atoms with van der Waals surface area (Å²) >= 11 is 0. The first-order chi connectivity index (χ1) is 14.0. The van der Waals surface area contributed by atoms with Crippen LogP contribution in [0.4, 0.5) is 11.4 Å². The summed E-state index contributed by atoms with van der Waals surface area (Å²) in [5.74, 6) is 0.694. The van der Waals surface area contributed by atoms with Crippen molar-refractivity contribution in [2.75, 3.05) is 30.8 Å². The molecule has 2 aromatic carbocycles. The number of hydrogen-bond acceptors (Lipinski definition) is 4. The van der Waals surface area contributed by atoms with Crippen molar-refractivity contribution in [3.63, 3.8) is 0 Å². The van der Waals surface area contributed by atoms with Crippen LogP contribution in [-0.2, 0) is 9.59 Å². The van der Waals surface area contributed by atoms with Crippen LogP contribution in [0.5, 0.6) is 5.75 Å². The number of ether oxygens (including phenoxy) is 1. The van der Waals surface area contributed by atoms with Gasteiger partial charge in [-0.1, -0.05) is 25.0 Å². The molecule has 0 aliphatic carbocycles.